The van der Waals surface area contributed by atoms with Gasteiger partial charge in [0.15, 0.2) is 0 Å². The monoisotopic (exact) mass is 261 g/mol. The fourth-order valence-electron chi connectivity index (χ4n) is 1.66. The maximum Gasteiger partial charge on any atom is 0.0268 e. The summed E-state index contributed by atoms with van der Waals surface area (Å²) in [5.74, 6) is 1.52. The molecule has 0 fully saturated rings. The summed E-state index contributed by atoms with van der Waals surface area (Å²) in [5, 5.41) is 3.54. The Morgan fingerprint density at radius 3 is 1.86 bits per heavy atom. The molecule has 0 rings (SSSR count). The third-order valence-electron chi connectivity index (χ3n) is 2.09. The Balaban J connectivity index is 3.90. The zero-order valence-electron chi connectivity index (χ0n) is 9.94. The molecule has 0 bridgehead atoms. The van der Waals surface area contributed by atoms with Crippen LogP contribution in [0.4, 0.5) is 0 Å². The molecular formula is C12H24BrN. The second kappa shape index (κ2) is 7.47. The molecule has 0 saturated carbocycles. The highest BCUT2D eigenvalue weighted by Crippen LogP contribution is 2.13. The van der Waals surface area contributed by atoms with Crippen LogP contribution in [0.2, 0.25) is 0 Å². The minimum absolute atomic E-state index is 0.629. The van der Waals surface area contributed by atoms with Crippen molar-refractivity contribution in [3.05, 3.63) is 11.1 Å². The molecule has 0 spiro atoms. The standard InChI is InChI=1S/C12H24BrN/c1-9(2)6-12(7-10(3)4)14-8-11(5)13/h9-10,12,14H,5-8H2,1-4H3. The predicted octanol–water partition coefficient (Wildman–Crippen LogP) is 3.95. The lowest BCUT2D eigenvalue weighted by molar-refractivity contribution is 0.369. The van der Waals surface area contributed by atoms with Crippen LogP contribution in [-0.4, -0.2) is 12.6 Å². The van der Waals surface area contributed by atoms with Gasteiger partial charge in [0.2, 0.25) is 0 Å². The molecule has 0 aliphatic carbocycles. The highest BCUT2D eigenvalue weighted by molar-refractivity contribution is 9.11. The number of rotatable bonds is 7. The van der Waals surface area contributed by atoms with Crippen LogP contribution in [0.3, 0.4) is 0 Å². The molecule has 1 N–H and O–H groups in total. The number of hydrogen-bond acceptors (Lipinski definition) is 1. The largest absolute Gasteiger partial charge is 0.309 e. The molecule has 1 nitrogen and oxygen atoms in total. The third kappa shape index (κ3) is 8.76. The van der Waals surface area contributed by atoms with Gasteiger partial charge < -0.3 is 5.32 Å². The zero-order valence-corrected chi connectivity index (χ0v) is 11.5. The maximum absolute atomic E-state index is 3.84. The summed E-state index contributed by atoms with van der Waals surface area (Å²) in [6.45, 7) is 13.8. The molecule has 0 heterocycles. The molecule has 0 aromatic heterocycles. The SMILES string of the molecule is C=C(Br)CNC(CC(C)C)CC(C)C. The van der Waals surface area contributed by atoms with Gasteiger partial charge in [-0.15, -0.1) is 0 Å². The molecule has 0 aliphatic heterocycles. The van der Waals surface area contributed by atoms with Crippen molar-refractivity contribution in [3.63, 3.8) is 0 Å². The fraction of sp³-hybridized carbons (Fsp3) is 0.833. The molecule has 0 aromatic carbocycles. The van der Waals surface area contributed by atoms with E-state index >= 15 is 0 Å². The molecule has 0 aliphatic rings. The lowest BCUT2D eigenvalue weighted by Crippen LogP contribution is -2.32. The maximum atomic E-state index is 3.84. The minimum Gasteiger partial charge on any atom is -0.309 e. The van der Waals surface area contributed by atoms with Gasteiger partial charge in [-0.05, 0) is 24.7 Å². The average molecular weight is 262 g/mol. The normalized spacial score (nSPS) is 11.7. The van der Waals surface area contributed by atoms with Crippen LogP contribution >= 0.6 is 15.9 Å². The number of halogens is 1. The van der Waals surface area contributed by atoms with Crippen LogP contribution in [0, 0.1) is 11.8 Å². The van der Waals surface area contributed by atoms with Crippen LogP contribution in [0.25, 0.3) is 0 Å². The molecule has 0 atom stereocenters. The van der Waals surface area contributed by atoms with Gasteiger partial charge in [-0.1, -0.05) is 50.2 Å². The molecule has 0 amide bonds. The Bertz CT molecular complexity index is 154. The smallest absolute Gasteiger partial charge is 0.0268 e. The van der Waals surface area contributed by atoms with Gasteiger partial charge in [-0.3, -0.25) is 0 Å². The van der Waals surface area contributed by atoms with Gasteiger partial charge in [0.25, 0.3) is 0 Å². The molecule has 0 saturated heterocycles. The van der Waals surface area contributed by atoms with Crippen LogP contribution < -0.4 is 5.32 Å². The van der Waals surface area contributed by atoms with Crippen molar-refractivity contribution in [2.45, 2.75) is 46.6 Å². The minimum atomic E-state index is 0.629. The van der Waals surface area contributed by atoms with Crippen molar-refractivity contribution in [1.82, 2.24) is 5.32 Å². The molecule has 84 valence electrons. The topological polar surface area (TPSA) is 12.0 Å². The van der Waals surface area contributed by atoms with Crippen molar-refractivity contribution in [2.75, 3.05) is 6.54 Å². The zero-order chi connectivity index (χ0) is 11.1. The first-order valence-electron chi connectivity index (χ1n) is 5.48. The molecule has 0 unspecified atom stereocenters. The van der Waals surface area contributed by atoms with E-state index in [1.165, 1.54) is 12.8 Å². The van der Waals surface area contributed by atoms with Gasteiger partial charge in [0.1, 0.15) is 0 Å². The van der Waals surface area contributed by atoms with Crippen molar-refractivity contribution >= 4 is 15.9 Å². The predicted molar refractivity (Wildman–Crippen MR) is 68.8 cm³/mol. The van der Waals surface area contributed by atoms with E-state index in [9.17, 15) is 0 Å². The van der Waals surface area contributed by atoms with E-state index in [2.05, 4.69) is 55.5 Å². The summed E-state index contributed by atoms with van der Waals surface area (Å²) in [7, 11) is 0. The van der Waals surface area contributed by atoms with Gasteiger partial charge in [-0.25, -0.2) is 0 Å². The van der Waals surface area contributed by atoms with Crippen molar-refractivity contribution in [3.8, 4) is 0 Å². The highest BCUT2D eigenvalue weighted by Gasteiger charge is 2.11. The number of nitrogens with one attached hydrogen (secondary N) is 1. The van der Waals surface area contributed by atoms with Gasteiger partial charge in [0.05, 0.1) is 0 Å². The summed E-state index contributed by atoms with van der Waals surface area (Å²) < 4.78 is 1.04. The fourth-order valence-corrected chi connectivity index (χ4v) is 1.82. The van der Waals surface area contributed by atoms with Crippen LogP contribution in [0.1, 0.15) is 40.5 Å². The van der Waals surface area contributed by atoms with E-state index < -0.39 is 0 Å². The summed E-state index contributed by atoms with van der Waals surface area (Å²) in [4.78, 5) is 0. The second-order valence-electron chi connectivity index (χ2n) is 4.85. The van der Waals surface area contributed by atoms with Gasteiger partial charge >= 0.3 is 0 Å². The van der Waals surface area contributed by atoms with E-state index in [1.54, 1.807) is 0 Å². The first kappa shape index (κ1) is 14.2. The number of hydrogen-bond donors (Lipinski definition) is 1. The lowest BCUT2D eigenvalue weighted by Gasteiger charge is -2.22. The van der Waals surface area contributed by atoms with Gasteiger partial charge in [-0.2, -0.15) is 0 Å². The lowest BCUT2D eigenvalue weighted by atomic mass is 9.96. The van der Waals surface area contributed by atoms with Gasteiger partial charge in [0, 0.05) is 17.1 Å². The molecule has 14 heavy (non-hydrogen) atoms. The van der Waals surface area contributed by atoms with E-state index in [-0.39, 0.29) is 0 Å². The molecule has 2 heteroatoms. The van der Waals surface area contributed by atoms with Crippen molar-refractivity contribution in [1.29, 1.82) is 0 Å². The Labute approximate surface area is 97.5 Å². The molecule has 0 aromatic rings. The van der Waals surface area contributed by atoms with E-state index in [0.717, 1.165) is 22.9 Å². The summed E-state index contributed by atoms with van der Waals surface area (Å²) >= 11 is 3.38. The summed E-state index contributed by atoms with van der Waals surface area (Å²) in [6, 6.07) is 0.629. The van der Waals surface area contributed by atoms with Crippen LogP contribution in [0.15, 0.2) is 11.1 Å². The highest BCUT2D eigenvalue weighted by atomic mass is 79.9. The average Bonchev–Trinajstić information content (AvgIpc) is 1.97. The molecule has 0 radical (unpaired) electrons. The molecular weight excluding hydrogens is 238 g/mol. The van der Waals surface area contributed by atoms with E-state index in [1.807, 2.05) is 0 Å². The Morgan fingerprint density at radius 1 is 1.14 bits per heavy atom. The first-order chi connectivity index (χ1) is 6.41. The van der Waals surface area contributed by atoms with Crippen molar-refractivity contribution in [2.24, 2.45) is 11.8 Å². The summed E-state index contributed by atoms with van der Waals surface area (Å²) in [6.07, 6.45) is 2.50. The van der Waals surface area contributed by atoms with Crippen molar-refractivity contribution < 1.29 is 0 Å². The summed E-state index contributed by atoms with van der Waals surface area (Å²) in [5.41, 5.74) is 0. The van der Waals surface area contributed by atoms with Crippen LogP contribution in [-0.2, 0) is 0 Å². The van der Waals surface area contributed by atoms with E-state index in [0.29, 0.717) is 6.04 Å². The first-order valence-corrected chi connectivity index (χ1v) is 6.27. The second-order valence-corrected chi connectivity index (χ2v) is 5.98. The Kier molecular flexibility index (Phi) is 7.56. The Hall–Kier alpha value is 0.180. The van der Waals surface area contributed by atoms with E-state index in [4.69, 9.17) is 0 Å². The Morgan fingerprint density at radius 2 is 1.57 bits per heavy atom. The third-order valence-corrected chi connectivity index (χ3v) is 2.37. The van der Waals surface area contributed by atoms with Crippen LogP contribution in [0.5, 0.6) is 0 Å². The quantitative estimate of drug-likeness (QED) is 0.732.